The predicted octanol–water partition coefficient (Wildman–Crippen LogP) is 2.73. The molecule has 2 heteroatoms. The molecule has 0 saturated heterocycles. The van der Waals surface area contributed by atoms with E-state index in [0.717, 1.165) is 0 Å². The molecule has 50 valence electrons. The van der Waals surface area contributed by atoms with Crippen molar-refractivity contribution < 1.29 is 23.3 Å². The first-order chi connectivity index (χ1) is 4.84. The average molecular weight is 341 g/mol. The SMILES string of the molecule is Cc1ccccc1[CH2][Hg][Cl]. The maximum atomic E-state index is 5.83. The molecule has 0 aliphatic heterocycles. The fraction of sp³-hybridized carbons (Fsp3) is 0.250. The van der Waals surface area contributed by atoms with E-state index < -0.39 is 23.3 Å². The Morgan fingerprint density at radius 1 is 1.40 bits per heavy atom. The van der Waals surface area contributed by atoms with E-state index in [1.54, 1.807) is 0 Å². The van der Waals surface area contributed by atoms with Gasteiger partial charge < -0.3 is 0 Å². The van der Waals surface area contributed by atoms with Crippen molar-refractivity contribution in [2.45, 2.75) is 10.9 Å². The summed E-state index contributed by atoms with van der Waals surface area (Å²) in [5, 5.41) is 0. The van der Waals surface area contributed by atoms with Gasteiger partial charge in [-0.2, -0.15) is 0 Å². The van der Waals surface area contributed by atoms with Crippen molar-refractivity contribution >= 4 is 8.25 Å². The van der Waals surface area contributed by atoms with Crippen LogP contribution in [-0.2, 0) is 27.3 Å². The van der Waals surface area contributed by atoms with Gasteiger partial charge in [0.2, 0.25) is 0 Å². The van der Waals surface area contributed by atoms with Gasteiger partial charge in [0.15, 0.2) is 0 Å². The van der Waals surface area contributed by atoms with Crippen LogP contribution in [0, 0.1) is 6.92 Å². The minimum absolute atomic E-state index is 0.961. The second-order valence-corrected chi connectivity index (χ2v) is 9.10. The van der Waals surface area contributed by atoms with Crippen LogP contribution < -0.4 is 0 Å². The summed E-state index contributed by atoms with van der Waals surface area (Å²) in [5.41, 5.74) is 2.85. The summed E-state index contributed by atoms with van der Waals surface area (Å²) < 4.78 is 1.20. The van der Waals surface area contributed by atoms with Crippen molar-refractivity contribution in [1.29, 1.82) is 0 Å². The molecule has 0 bridgehead atoms. The number of benzene rings is 1. The molecule has 0 radical (unpaired) electrons. The zero-order chi connectivity index (χ0) is 7.40. The Morgan fingerprint density at radius 2 is 2.10 bits per heavy atom. The van der Waals surface area contributed by atoms with Gasteiger partial charge in [0.1, 0.15) is 0 Å². The summed E-state index contributed by atoms with van der Waals surface area (Å²) in [7, 11) is 5.83. The summed E-state index contributed by atoms with van der Waals surface area (Å²) in [6.07, 6.45) is 0. The van der Waals surface area contributed by atoms with Crippen LogP contribution in [0.3, 0.4) is 0 Å². The van der Waals surface area contributed by atoms with Gasteiger partial charge in [-0.3, -0.25) is 0 Å². The van der Waals surface area contributed by atoms with Crippen molar-refractivity contribution in [3.8, 4) is 0 Å². The molecule has 0 saturated carbocycles. The van der Waals surface area contributed by atoms with E-state index in [2.05, 4.69) is 31.2 Å². The molecule has 0 aromatic heterocycles. The van der Waals surface area contributed by atoms with Gasteiger partial charge >= 0.3 is 77.8 Å². The van der Waals surface area contributed by atoms with Crippen LogP contribution in [0.25, 0.3) is 0 Å². The molecule has 0 spiro atoms. The molecular weight excluding hydrogens is 332 g/mol. The first-order valence-electron chi connectivity index (χ1n) is 3.45. The normalized spacial score (nSPS) is 9.00. The van der Waals surface area contributed by atoms with E-state index >= 15 is 0 Å². The van der Waals surface area contributed by atoms with Gasteiger partial charge in [-0.05, 0) is 0 Å². The van der Waals surface area contributed by atoms with Gasteiger partial charge in [0.05, 0.1) is 0 Å². The Bertz CT molecular complexity index is 210. The quantitative estimate of drug-likeness (QED) is 0.726. The third kappa shape index (κ3) is 2.24. The standard InChI is InChI=1S/C8H9.ClH.Hg/c1-7-5-3-4-6-8(7)2;;/h3-6H,1H2,2H3;1H;/q;;+1/p-1. The topological polar surface area (TPSA) is 0 Å². The van der Waals surface area contributed by atoms with Crippen molar-refractivity contribution in [3.63, 3.8) is 0 Å². The number of aryl methyl sites for hydroxylation is 1. The minimum atomic E-state index is -0.961. The number of hydrogen-bond donors (Lipinski definition) is 0. The molecule has 0 fully saturated rings. The summed E-state index contributed by atoms with van der Waals surface area (Å²) in [6.45, 7) is 2.15. The van der Waals surface area contributed by atoms with Crippen LogP contribution >= 0.6 is 8.25 Å². The van der Waals surface area contributed by atoms with Crippen LogP contribution in [-0.4, -0.2) is 0 Å². The second kappa shape index (κ2) is 4.35. The monoisotopic (exact) mass is 342 g/mol. The molecular formula is C8H9ClHg. The Morgan fingerprint density at radius 3 is 2.70 bits per heavy atom. The van der Waals surface area contributed by atoms with Crippen LogP contribution in [0.1, 0.15) is 11.1 Å². The van der Waals surface area contributed by atoms with Gasteiger partial charge in [0, 0.05) is 0 Å². The molecule has 0 amide bonds. The molecule has 10 heavy (non-hydrogen) atoms. The van der Waals surface area contributed by atoms with E-state index in [1.165, 1.54) is 15.1 Å². The van der Waals surface area contributed by atoms with Gasteiger partial charge in [-0.1, -0.05) is 0 Å². The zero-order valence-electron chi connectivity index (χ0n) is 6.10. The molecule has 0 unspecified atom stereocenters. The number of rotatable bonds is 2. The predicted molar refractivity (Wildman–Crippen MR) is 40.7 cm³/mol. The summed E-state index contributed by atoms with van der Waals surface area (Å²) >= 11 is -0.961. The fourth-order valence-electron chi connectivity index (χ4n) is 0.992. The summed E-state index contributed by atoms with van der Waals surface area (Å²) in [5.74, 6) is 0. The summed E-state index contributed by atoms with van der Waals surface area (Å²) in [4.78, 5) is 0. The summed E-state index contributed by atoms with van der Waals surface area (Å²) in [6, 6.07) is 8.49. The van der Waals surface area contributed by atoms with Gasteiger partial charge in [-0.25, -0.2) is 0 Å². The molecule has 0 nitrogen and oxygen atoms in total. The van der Waals surface area contributed by atoms with E-state index in [0.29, 0.717) is 0 Å². The molecule has 1 aromatic carbocycles. The Hall–Kier alpha value is 0.445. The van der Waals surface area contributed by atoms with E-state index in [-0.39, 0.29) is 0 Å². The molecule has 0 N–H and O–H groups in total. The Kier molecular flexibility index (Phi) is 3.71. The van der Waals surface area contributed by atoms with Crippen molar-refractivity contribution in [1.82, 2.24) is 0 Å². The fourth-order valence-corrected chi connectivity index (χ4v) is 5.75. The van der Waals surface area contributed by atoms with Crippen LogP contribution in [0.15, 0.2) is 24.3 Å². The van der Waals surface area contributed by atoms with E-state index in [4.69, 9.17) is 8.25 Å². The third-order valence-electron chi connectivity index (χ3n) is 1.63. The number of halogens is 1. The van der Waals surface area contributed by atoms with Crippen molar-refractivity contribution in [2.75, 3.05) is 0 Å². The van der Waals surface area contributed by atoms with Gasteiger partial charge in [-0.15, -0.1) is 0 Å². The third-order valence-corrected chi connectivity index (χ3v) is 6.11. The van der Waals surface area contributed by atoms with Crippen molar-refractivity contribution in [2.24, 2.45) is 0 Å². The Balaban J connectivity index is 2.81. The maximum absolute atomic E-state index is 5.83. The molecule has 0 atom stereocenters. The van der Waals surface area contributed by atoms with Crippen molar-refractivity contribution in [3.05, 3.63) is 35.4 Å². The first-order valence-corrected chi connectivity index (χ1v) is 14.1. The van der Waals surface area contributed by atoms with Gasteiger partial charge in [0.25, 0.3) is 0 Å². The second-order valence-electron chi connectivity index (χ2n) is 2.37. The zero-order valence-corrected chi connectivity index (χ0v) is 12.4. The molecule has 1 aromatic rings. The van der Waals surface area contributed by atoms with E-state index in [1.807, 2.05) is 0 Å². The van der Waals surface area contributed by atoms with Crippen LogP contribution in [0.2, 0.25) is 0 Å². The average Bonchev–Trinajstić information content (AvgIpc) is 1.94. The first kappa shape index (κ1) is 8.54. The number of hydrogen-bond acceptors (Lipinski definition) is 0. The molecule has 0 aliphatic carbocycles. The molecule has 0 aliphatic rings. The molecule has 0 heterocycles. The van der Waals surface area contributed by atoms with E-state index in [9.17, 15) is 0 Å². The molecule has 1 rings (SSSR count). The Labute approximate surface area is 77.5 Å². The van der Waals surface area contributed by atoms with Crippen LogP contribution in [0.4, 0.5) is 0 Å². The van der Waals surface area contributed by atoms with Crippen LogP contribution in [0.5, 0.6) is 0 Å².